The molecule has 0 aliphatic carbocycles. The molecule has 0 N–H and O–H groups in total. The summed E-state index contributed by atoms with van der Waals surface area (Å²) >= 11 is 0. The van der Waals surface area contributed by atoms with Crippen LogP contribution < -0.4 is 4.90 Å². The Morgan fingerprint density at radius 2 is 1.86 bits per heavy atom. The van der Waals surface area contributed by atoms with Crippen LogP contribution >= 0.6 is 0 Å². The molecule has 114 valence electrons. The molecule has 22 heavy (non-hydrogen) atoms. The average Bonchev–Trinajstić information content (AvgIpc) is 2.88. The SMILES string of the molecule is Cc1nnc2ccc(N(C)Cc3ccc([S@@](C)=O)cc3)nn12. The molecule has 0 radical (unpaired) electrons. The smallest absolute Gasteiger partial charge is 0.178 e. The van der Waals surface area contributed by atoms with Crippen molar-refractivity contribution in [1.82, 2.24) is 19.8 Å². The lowest BCUT2D eigenvalue weighted by atomic mass is 10.2. The summed E-state index contributed by atoms with van der Waals surface area (Å²) in [4.78, 5) is 2.89. The summed E-state index contributed by atoms with van der Waals surface area (Å²) in [7, 11) is 1.04. The fraction of sp³-hybridized carbons (Fsp3) is 0.267. The maximum Gasteiger partial charge on any atom is 0.178 e. The van der Waals surface area contributed by atoms with Gasteiger partial charge < -0.3 is 4.90 Å². The number of aromatic nitrogens is 4. The first-order valence-corrected chi connectivity index (χ1v) is 8.43. The zero-order chi connectivity index (χ0) is 15.7. The van der Waals surface area contributed by atoms with Crippen LogP contribution in [0.25, 0.3) is 5.65 Å². The van der Waals surface area contributed by atoms with Crippen LogP contribution in [-0.2, 0) is 17.3 Å². The Morgan fingerprint density at radius 3 is 2.55 bits per heavy atom. The van der Waals surface area contributed by atoms with Crippen LogP contribution in [-0.4, -0.2) is 37.3 Å². The third-order valence-electron chi connectivity index (χ3n) is 3.47. The average molecular weight is 315 g/mol. The quantitative estimate of drug-likeness (QED) is 0.735. The summed E-state index contributed by atoms with van der Waals surface area (Å²) in [5.74, 6) is 1.61. The van der Waals surface area contributed by atoms with Gasteiger partial charge in [0.25, 0.3) is 0 Å². The van der Waals surface area contributed by atoms with Gasteiger partial charge in [-0.25, -0.2) is 0 Å². The molecule has 2 heterocycles. The van der Waals surface area contributed by atoms with Crippen LogP contribution in [0.4, 0.5) is 5.82 Å². The fourth-order valence-electron chi connectivity index (χ4n) is 2.23. The lowest BCUT2D eigenvalue weighted by molar-refractivity contribution is 0.687. The van der Waals surface area contributed by atoms with Crippen LogP contribution in [0.5, 0.6) is 0 Å². The van der Waals surface area contributed by atoms with Crippen LogP contribution in [0.15, 0.2) is 41.3 Å². The summed E-state index contributed by atoms with van der Waals surface area (Å²) in [6.07, 6.45) is 1.68. The van der Waals surface area contributed by atoms with Gasteiger partial charge in [0.05, 0.1) is 0 Å². The second kappa shape index (κ2) is 5.84. The molecule has 1 aromatic carbocycles. The van der Waals surface area contributed by atoms with E-state index in [0.717, 1.165) is 34.3 Å². The van der Waals surface area contributed by atoms with Crippen molar-refractivity contribution in [3.8, 4) is 0 Å². The summed E-state index contributed by atoms with van der Waals surface area (Å²) in [5.41, 5.74) is 1.88. The fourth-order valence-corrected chi connectivity index (χ4v) is 2.75. The first-order chi connectivity index (χ1) is 10.5. The number of anilines is 1. The van der Waals surface area contributed by atoms with E-state index in [1.807, 2.05) is 50.4 Å². The largest absolute Gasteiger partial charge is 0.354 e. The molecule has 2 aromatic heterocycles. The number of fused-ring (bicyclic) bond motifs is 1. The summed E-state index contributed by atoms with van der Waals surface area (Å²) in [6, 6.07) is 11.6. The molecule has 0 bridgehead atoms. The van der Waals surface area contributed by atoms with Gasteiger partial charge >= 0.3 is 0 Å². The van der Waals surface area contributed by atoms with Gasteiger partial charge in [0.2, 0.25) is 0 Å². The Labute approximate surface area is 131 Å². The minimum Gasteiger partial charge on any atom is -0.354 e. The minimum atomic E-state index is -0.943. The summed E-state index contributed by atoms with van der Waals surface area (Å²) in [6.45, 7) is 2.59. The van der Waals surface area contributed by atoms with Crippen LogP contribution in [0.3, 0.4) is 0 Å². The van der Waals surface area contributed by atoms with E-state index >= 15 is 0 Å². The molecule has 0 spiro atoms. The number of nitrogens with zero attached hydrogens (tertiary/aromatic N) is 5. The van der Waals surface area contributed by atoms with Gasteiger partial charge in [0.1, 0.15) is 5.82 Å². The molecule has 7 heteroatoms. The molecule has 0 amide bonds. The maximum atomic E-state index is 11.4. The zero-order valence-corrected chi connectivity index (χ0v) is 13.5. The molecule has 0 aliphatic rings. The minimum absolute atomic E-state index is 0.719. The maximum absolute atomic E-state index is 11.4. The lowest BCUT2D eigenvalue weighted by Gasteiger charge is -2.18. The van der Waals surface area contributed by atoms with Crippen molar-refractivity contribution in [1.29, 1.82) is 0 Å². The van der Waals surface area contributed by atoms with Crippen LogP contribution in [0.1, 0.15) is 11.4 Å². The number of hydrogen-bond acceptors (Lipinski definition) is 5. The highest BCUT2D eigenvalue weighted by Crippen LogP contribution is 2.15. The molecule has 3 rings (SSSR count). The highest BCUT2D eigenvalue weighted by atomic mass is 32.2. The Bertz CT molecular complexity index is 828. The van der Waals surface area contributed by atoms with Gasteiger partial charge in [-0.05, 0) is 36.8 Å². The number of hydrogen-bond donors (Lipinski definition) is 0. The Kier molecular flexibility index (Phi) is 3.89. The molecule has 0 aliphatic heterocycles. The van der Waals surface area contributed by atoms with Crippen molar-refractivity contribution in [3.63, 3.8) is 0 Å². The predicted molar refractivity (Wildman–Crippen MR) is 86.4 cm³/mol. The molecule has 0 unspecified atom stereocenters. The number of aryl methyl sites for hydroxylation is 1. The number of benzene rings is 1. The first kappa shape index (κ1) is 14.6. The standard InChI is InChI=1S/C15H17N5OS/c1-11-16-17-14-8-9-15(18-20(11)14)19(2)10-12-4-6-13(7-5-12)22(3)21/h4-9H,10H2,1-3H3/t22-/m1/s1. The topological polar surface area (TPSA) is 63.4 Å². The van der Waals surface area contributed by atoms with E-state index in [2.05, 4.69) is 20.2 Å². The van der Waals surface area contributed by atoms with E-state index in [1.54, 1.807) is 10.8 Å². The highest BCUT2D eigenvalue weighted by molar-refractivity contribution is 7.84. The van der Waals surface area contributed by atoms with Crippen LogP contribution in [0.2, 0.25) is 0 Å². The third kappa shape index (κ3) is 2.85. The van der Waals surface area contributed by atoms with Gasteiger partial charge in [0, 0.05) is 35.5 Å². The third-order valence-corrected chi connectivity index (χ3v) is 4.41. The second-order valence-corrected chi connectivity index (χ2v) is 6.54. The molecule has 3 aromatic rings. The van der Waals surface area contributed by atoms with Gasteiger partial charge in [-0.1, -0.05) is 12.1 Å². The van der Waals surface area contributed by atoms with E-state index in [0.29, 0.717) is 0 Å². The summed E-state index contributed by atoms with van der Waals surface area (Å²) in [5, 5.41) is 12.6. The lowest BCUT2D eigenvalue weighted by Crippen LogP contribution is -2.18. The molecule has 0 fully saturated rings. The Hall–Kier alpha value is -2.28. The van der Waals surface area contributed by atoms with Crippen molar-refractivity contribution in [3.05, 3.63) is 47.8 Å². The molecule has 1 atom stereocenters. The van der Waals surface area contributed by atoms with E-state index in [4.69, 9.17) is 0 Å². The van der Waals surface area contributed by atoms with E-state index in [-0.39, 0.29) is 0 Å². The first-order valence-electron chi connectivity index (χ1n) is 6.87. The van der Waals surface area contributed by atoms with Crippen molar-refractivity contribution in [2.24, 2.45) is 0 Å². The Balaban J connectivity index is 1.81. The molecular formula is C15H17N5OS. The van der Waals surface area contributed by atoms with Crippen LogP contribution in [0, 0.1) is 6.92 Å². The van der Waals surface area contributed by atoms with Crippen molar-refractivity contribution >= 4 is 22.3 Å². The molecular weight excluding hydrogens is 298 g/mol. The Morgan fingerprint density at radius 1 is 1.14 bits per heavy atom. The van der Waals surface area contributed by atoms with Crippen molar-refractivity contribution < 1.29 is 4.21 Å². The normalized spacial score (nSPS) is 12.5. The monoisotopic (exact) mass is 315 g/mol. The second-order valence-electron chi connectivity index (χ2n) is 5.16. The molecule has 0 saturated carbocycles. The van der Waals surface area contributed by atoms with Gasteiger partial charge in [-0.15, -0.1) is 15.3 Å². The number of rotatable bonds is 4. The van der Waals surface area contributed by atoms with Crippen molar-refractivity contribution in [2.45, 2.75) is 18.4 Å². The van der Waals surface area contributed by atoms with Gasteiger partial charge in [0.15, 0.2) is 11.5 Å². The van der Waals surface area contributed by atoms with E-state index < -0.39 is 10.8 Å². The molecule has 0 saturated heterocycles. The van der Waals surface area contributed by atoms with E-state index in [9.17, 15) is 4.21 Å². The van der Waals surface area contributed by atoms with Crippen molar-refractivity contribution in [2.75, 3.05) is 18.2 Å². The van der Waals surface area contributed by atoms with E-state index in [1.165, 1.54) is 0 Å². The van der Waals surface area contributed by atoms with Gasteiger partial charge in [-0.3, -0.25) is 4.21 Å². The molecule has 6 nitrogen and oxygen atoms in total. The highest BCUT2D eigenvalue weighted by Gasteiger charge is 2.08. The summed E-state index contributed by atoms with van der Waals surface area (Å²) < 4.78 is 13.1. The van der Waals surface area contributed by atoms with Gasteiger partial charge in [-0.2, -0.15) is 4.52 Å². The predicted octanol–water partition coefficient (Wildman–Crippen LogP) is 1.81. The zero-order valence-electron chi connectivity index (χ0n) is 12.7.